The highest BCUT2D eigenvalue weighted by Crippen LogP contribution is 2.11. The van der Waals surface area contributed by atoms with Crippen molar-refractivity contribution < 1.29 is 4.79 Å². The van der Waals surface area contributed by atoms with E-state index < -0.39 is 0 Å². The summed E-state index contributed by atoms with van der Waals surface area (Å²) in [5.74, 6) is -0.274. The van der Waals surface area contributed by atoms with Crippen LogP contribution in [0.3, 0.4) is 0 Å². The number of aromatic nitrogens is 3. The monoisotopic (exact) mass is 212 g/mol. The summed E-state index contributed by atoms with van der Waals surface area (Å²) in [6.45, 7) is 0. The van der Waals surface area contributed by atoms with Crippen molar-refractivity contribution in [3.8, 4) is 0 Å². The first-order chi connectivity index (χ1) is 6.36. The first kappa shape index (κ1) is 8.27. The predicted molar refractivity (Wildman–Crippen MR) is 50.0 cm³/mol. The van der Waals surface area contributed by atoms with Crippen molar-refractivity contribution in [2.45, 2.75) is 0 Å². The van der Waals surface area contributed by atoms with Crippen molar-refractivity contribution in [2.24, 2.45) is 0 Å². The second-order valence-electron chi connectivity index (χ2n) is 2.08. The van der Waals surface area contributed by atoms with Crippen LogP contribution >= 0.6 is 23.1 Å². The van der Waals surface area contributed by atoms with Crippen LogP contribution in [0, 0.1) is 0 Å². The first-order valence-electron chi connectivity index (χ1n) is 3.34. The molecule has 13 heavy (non-hydrogen) atoms. The van der Waals surface area contributed by atoms with E-state index in [-0.39, 0.29) is 5.91 Å². The third-order valence-corrected chi connectivity index (χ3v) is 2.41. The Kier molecular flexibility index (Phi) is 2.28. The van der Waals surface area contributed by atoms with Crippen LogP contribution in [0.1, 0.15) is 10.5 Å². The van der Waals surface area contributed by atoms with Crippen molar-refractivity contribution in [2.75, 3.05) is 5.32 Å². The van der Waals surface area contributed by atoms with Crippen molar-refractivity contribution in [3.05, 3.63) is 23.5 Å². The van der Waals surface area contributed by atoms with E-state index >= 15 is 0 Å². The molecule has 0 aliphatic rings. The van der Waals surface area contributed by atoms with Gasteiger partial charge in [0.05, 0.1) is 17.9 Å². The van der Waals surface area contributed by atoms with Crippen LogP contribution in [-0.4, -0.2) is 19.6 Å². The van der Waals surface area contributed by atoms with Crippen molar-refractivity contribution in [3.63, 3.8) is 0 Å². The van der Waals surface area contributed by atoms with Gasteiger partial charge in [-0.15, -0.1) is 11.3 Å². The minimum atomic E-state index is -0.274. The molecular weight excluding hydrogens is 208 g/mol. The number of carbonyl (C=O) groups is 1. The van der Waals surface area contributed by atoms with Crippen molar-refractivity contribution in [1.82, 2.24) is 13.7 Å². The highest BCUT2D eigenvalue weighted by molar-refractivity contribution is 7.13. The van der Waals surface area contributed by atoms with Gasteiger partial charge in [0.1, 0.15) is 0 Å². The molecule has 7 heteroatoms. The minimum absolute atomic E-state index is 0.274. The smallest absolute Gasteiger partial charge is 0.278 e. The zero-order valence-electron chi connectivity index (χ0n) is 6.30. The van der Waals surface area contributed by atoms with Gasteiger partial charge in [-0.25, -0.2) is 4.98 Å². The van der Waals surface area contributed by atoms with Crippen LogP contribution in [-0.2, 0) is 0 Å². The topological polar surface area (TPSA) is 67.8 Å². The molecule has 0 spiro atoms. The van der Waals surface area contributed by atoms with E-state index in [1.807, 2.05) is 0 Å². The maximum atomic E-state index is 11.3. The van der Waals surface area contributed by atoms with E-state index in [0.29, 0.717) is 10.8 Å². The number of amides is 1. The molecule has 0 aliphatic heterocycles. The first-order valence-corrected chi connectivity index (χ1v) is 4.95. The van der Waals surface area contributed by atoms with Gasteiger partial charge < -0.3 is 0 Å². The summed E-state index contributed by atoms with van der Waals surface area (Å²) in [6.07, 6.45) is 3.05. The summed E-state index contributed by atoms with van der Waals surface area (Å²) in [5.41, 5.74) is 0.320. The molecule has 0 atom stereocenters. The second kappa shape index (κ2) is 3.58. The van der Waals surface area contributed by atoms with Gasteiger partial charge in [0, 0.05) is 11.6 Å². The SMILES string of the molecule is O=C(Nc1nccs1)c1cnsn1. The fourth-order valence-corrected chi connectivity index (χ4v) is 1.65. The number of anilines is 1. The molecule has 0 bridgehead atoms. The van der Waals surface area contributed by atoms with E-state index in [9.17, 15) is 4.79 Å². The zero-order chi connectivity index (χ0) is 9.10. The Hall–Kier alpha value is -1.34. The lowest BCUT2D eigenvalue weighted by atomic mass is 10.4. The summed E-state index contributed by atoms with van der Waals surface area (Å²) in [4.78, 5) is 15.2. The lowest BCUT2D eigenvalue weighted by molar-refractivity contribution is 0.102. The highest BCUT2D eigenvalue weighted by atomic mass is 32.1. The van der Waals surface area contributed by atoms with Gasteiger partial charge in [-0.3, -0.25) is 10.1 Å². The third kappa shape index (κ3) is 1.87. The van der Waals surface area contributed by atoms with E-state index in [1.165, 1.54) is 17.5 Å². The van der Waals surface area contributed by atoms with E-state index in [4.69, 9.17) is 0 Å². The fraction of sp³-hybridized carbons (Fsp3) is 0. The Balaban J connectivity index is 2.08. The van der Waals surface area contributed by atoms with Crippen LogP contribution in [0.15, 0.2) is 17.8 Å². The Bertz CT molecular complexity index is 383. The van der Waals surface area contributed by atoms with Crippen molar-refractivity contribution >= 4 is 34.1 Å². The van der Waals surface area contributed by atoms with Crippen LogP contribution in [0.2, 0.25) is 0 Å². The molecule has 1 N–H and O–H groups in total. The molecule has 0 aliphatic carbocycles. The molecular formula is C6H4N4OS2. The van der Waals surface area contributed by atoms with Crippen molar-refractivity contribution in [1.29, 1.82) is 0 Å². The molecule has 2 heterocycles. The van der Waals surface area contributed by atoms with Crippen LogP contribution in [0.4, 0.5) is 5.13 Å². The normalized spacial score (nSPS) is 9.85. The van der Waals surface area contributed by atoms with E-state index in [0.717, 1.165) is 11.7 Å². The minimum Gasteiger partial charge on any atom is -0.296 e. The largest absolute Gasteiger partial charge is 0.296 e. The van der Waals surface area contributed by atoms with Crippen LogP contribution in [0.5, 0.6) is 0 Å². The number of carbonyl (C=O) groups excluding carboxylic acids is 1. The maximum Gasteiger partial charge on any atom is 0.278 e. The lowest BCUT2D eigenvalue weighted by Gasteiger charge is -1.95. The Morgan fingerprint density at radius 2 is 2.46 bits per heavy atom. The van der Waals surface area contributed by atoms with Gasteiger partial charge in [-0.05, 0) is 0 Å². The predicted octanol–water partition coefficient (Wildman–Crippen LogP) is 1.25. The summed E-state index contributed by atoms with van der Waals surface area (Å²) >= 11 is 2.36. The molecule has 0 saturated heterocycles. The second-order valence-corrected chi connectivity index (χ2v) is 3.54. The number of rotatable bonds is 2. The molecule has 2 aromatic heterocycles. The molecule has 0 aromatic carbocycles. The Morgan fingerprint density at radius 1 is 1.54 bits per heavy atom. The zero-order valence-corrected chi connectivity index (χ0v) is 7.93. The van der Waals surface area contributed by atoms with Crippen LogP contribution in [0.25, 0.3) is 0 Å². The third-order valence-electron chi connectivity index (χ3n) is 1.25. The molecule has 0 unspecified atom stereocenters. The number of nitrogens with one attached hydrogen (secondary N) is 1. The van der Waals surface area contributed by atoms with Gasteiger partial charge in [0.15, 0.2) is 10.8 Å². The van der Waals surface area contributed by atoms with E-state index in [1.54, 1.807) is 11.6 Å². The van der Waals surface area contributed by atoms with Gasteiger partial charge in [0.25, 0.3) is 5.91 Å². The van der Waals surface area contributed by atoms with Gasteiger partial charge in [-0.2, -0.15) is 8.75 Å². The number of hydrogen-bond acceptors (Lipinski definition) is 6. The van der Waals surface area contributed by atoms with Gasteiger partial charge in [-0.1, -0.05) is 0 Å². The van der Waals surface area contributed by atoms with Crippen LogP contribution < -0.4 is 5.32 Å². The van der Waals surface area contributed by atoms with Gasteiger partial charge in [0.2, 0.25) is 0 Å². The highest BCUT2D eigenvalue weighted by Gasteiger charge is 2.09. The standard InChI is InChI=1S/C6H4N4OS2/c11-5(4-3-8-13-10-4)9-6-7-1-2-12-6/h1-3H,(H,7,9,11). The number of hydrogen-bond donors (Lipinski definition) is 1. The molecule has 0 radical (unpaired) electrons. The molecule has 0 fully saturated rings. The summed E-state index contributed by atoms with van der Waals surface area (Å²) in [6, 6.07) is 0. The number of nitrogens with zero attached hydrogens (tertiary/aromatic N) is 3. The van der Waals surface area contributed by atoms with E-state index in [2.05, 4.69) is 19.0 Å². The molecule has 2 aromatic rings. The number of thiazole rings is 1. The summed E-state index contributed by atoms with van der Waals surface area (Å²) < 4.78 is 7.52. The molecule has 66 valence electrons. The Morgan fingerprint density at radius 3 is 3.08 bits per heavy atom. The van der Waals surface area contributed by atoms with Gasteiger partial charge >= 0.3 is 0 Å². The fourth-order valence-electron chi connectivity index (χ4n) is 0.711. The average molecular weight is 212 g/mol. The summed E-state index contributed by atoms with van der Waals surface area (Å²) in [7, 11) is 0. The quantitative estimate of drug-likeness (QED) is 0.813. The maximum absolute atomic E-state index is 11.3. The Labute approximate surface area is 81.8 Å². The lowest BCUT2D eigenvalue weighted by Crippen LogP contribution is -2.11. The summed E-state index contributed by atoms with van der Waals surface area (Å²) in [5, 5.41) is 4.95. The molecule has 5 nitrogen and oxygen atoms in total. The molecule has 2 rings (SSSR count). The average Bonchev–Trinajstić information content (AvgIpc) is 2.74. The molecule has 1 amide bonds. The molecule has 0 saturated carbocycles.